The fraction of sp³-hybridized carbons (Fsp3) is 0.429. The Morgan fingerprint density at radius 3 is 2.18 bits per heavy atom. The van der Waals surface area contributed by atoms with Crippen LogP contribution in [0.25, 0.3) is 0 Å². The lowest BCUT2D eigenvalue weighted by Crippen LogP contribution is -2.09. The zero-order chi connectivity index (χ0) is 7.56. The molecule has 1 aromatic heterocycles. The first-order valence-electron chi connectivity index (χ1n) is 3.24. The molecule has 0 aromatic carbocycles. The minimum atomic E-state index is -0.0689. The van der Waals surface area contributed by atoms with Gasteiger partial charge in [-0.25, -0.2) is 9.97 Å². The van der Waals surface area contributed by atoms with Crippen LogP contribution in [0, 0.1) is 6.92 Å². The molecule has 0 aliphatic carbocycles. The Hall–Kier alpha value is -0.670. The molecule has 2 N–H and O–H groups in total. The molecule has 0 radical (unpaired) electrons. The third-order valence-electron chi connectivity index (χ3n) is 1.21. The van der Waals surface area contributed by atoms with Crippen molar-refractivity contribution < 1.29 is 0 Å². The molecule has 0 saturated heterocycles. The van der Waals surface area contributed by atoms with Crippen molar-refractivity contribution in [2.75, 3.05) is 0 Å². The molecular weight excluding hydrogens is 162 g/mol. The Balaban J connectivity index is 0.000001000. The first-order chi connectivity index (χ1) is 4.70. The van der Waals surface area contributed by atoms with E-state index in [1.165, 1.54) is 0 Å². The van der Waals surface area contributed by atoms with Crippen molar-refractivity contribution in [2.24, 2.45) is 5.73 Å². The van der Waals surface area contributed by atoms with Crippen LogP contribution >= 0.6 is 12.4 Å². The van der Waals surface area contributed by atoms with Gasteiger partial charge in [-0.05, 0) is 19.4 Å². The second-order valence-corrected chi connectivity index (χ2v) is 2.41. The van der Waals surface area contributed by atoms with E-state index < -0.39 is 0 Å². The lowest BCUT2D eigenvalue weighted by Gasteiger charge is -2.01. The highest BCUT2D eigenvalue weighted by molar-refractivity contribution is 5.85. The van der Waals surface area contributed by atoms with E-state index in [1.54, 1.807) is 12.4 Å². The van der Waals surface area contributed by atoms with Crippen LogP contribution < -0.4 is 5.73 Å². The summed E-state index contributed by atoms with van der Waals surface area (Å²) in [4.78, 5) is 8.08. The molecule has 62 valence electrons. The Labute approximate surface area is 72.5 Å². The van der Waals surface area contributed by atoms with E-state index in [0.717, 1.165) is 5.56 Å². The van der Waals surface area contributed by atoms with Crippen LogP contribution in [0.3, 0.4) is 0 Å². The van der Waals surface area contributed by atoms with Gasteiger partial charge in [-0.2, -0.15) is 0 Å². The fourth-order valence-electron chi connectivity index (χ4n) is 0.638. The SMILES string of the molecule is Cc1cnc(C(C)N)nc1.Cl. The van der Waals surface area contributed by atoms with Crippen LogP contribution in [-0.2, 0) is 0 Å². The van der Waals surface area contributed by atoms with Crippen molar-refractivity contribution in [2.45, 2.75) is 19.9 Å². The Morgan fingerprint density at radius 2 is 1.82 bits per heavy atom. The number of hydrogen-bond donors (Lipinski definition) is 1. The molecule has 0 fully saturated rings. The zero-order valence-corrected chi connectivity index (χ0v) is 7.43. The standard InChI is InChI=1S/C7H11N3.ClH/c1-5-3-9-7(6(2)8)10-4-5;/h3-4,6H,8H2,1-2H3;1H. The van der Waals surface area contributed by atoms with E-state index in [0.29, 0.717) is 5.82 Å². The maximum Gasteiger partial charge on any atom is 0.144 e. The van der Waals surface area contributed by atoms with Gasteiger partial charge < -0.3 is 5.73 Å². The monoisotopic (exact) mass is 173 g/mol. The van der Waals surface area contributed by atoms with Gasteiger partial charge in [-0.3, -0.25) is 0 Å². The third kappa shape index (κ3) is 2.82. The second kappa shape index (κ2) is 4.26. The van der Waals surface area contributed by atoms with Gasteiger partial charge in [0.25, 0.3) is 0 Å². The summed E-state index contributed by atoms with van der Waals surface area (Å²) in [6.07, 6.45) is 3.54. The highest BCUT2D eigenvalue weighted by Gasteiger charge is 1.99. The quantitative estimate of drug-likeness (QED) is 0.695. The van der Waals surface area contributed by atoms with Gasteiger partial charge in [0.05, 0.1) is 6.04 Å². The van der Waals surface area contributed by atoms with Crippen molar-refractivity contribution in [1.82, 2.24) is 9.97 Å². The minimum absolute atomic E-state index is 0. The largest absolute Gasteiger partial charge is 0.322 e. The van der Waals surface area contributed by atoms with Crippen LogP contribution in [0.2, 0.25) is 0 Å². The van der Waals surface area contributed by atoms with Crippen LogP contribution in [-0.4, -0.2) is 9.97 Å². The molecule has 11 heavy (non-hydrogen) atoms. The van der Waals surface area contributed by atoms with Crippen molar-refractivity contribution in [1.29, 1.82) is 0 Å². The maximum absolute atomic E-state index is 5.54. The highest BCUT2D eigenvalue weighted by Crippen LogP contribution is 2.00. The van der Waals surface area contributed by atoms with Crippen LogP contribution in [0.5, 0.6) is 0 Å². The van der Waals surface area contributed by atoms with Crippen LogP contribution in [0.4, 0.5) is 0 Å². The number of aryl methyl sites for hydroxylation is 1. The summed E-state index contributed by atoms with van der Waals surface area (Å²) >= 11 is 0. The van der Waals surface area contributed by atoms with Gasteiger partial charge >= 0.3 is 0 Å². The average Bonchev–Trinajstić information content (AvgIpc) is 1.88. The molecule has 1 aromatic rings. The van der Waals surface area contributed by atoms with E-state index in [2.05, 4.69) is 9.97 Å². The maximum atomic E-state index is 5.54. The number of aromatic nitrogens is 2. The smallest absolute Gasteiger partial charge is 0.144 e. The molecule has 0 aliphatic rings. The van der Waals surface area contributed by atoms with Gasteiger partial charge in [-0.15, -0.1) is 12.4 Å². The fourth-order valence-corrected chi connectivity index (χ4v) is 0.638. The number of nitrogens with zero attached hydrogens (tertiary/aromatic N) is 2. The summed E-state index contributed by atoms with van der Waals surface area (Å²) in [7, 11) is 0. The number of nitrogens with two attached hydrogens (primary N) is 1. The summed E-state index contributed by atoms with van der Waals surface area (Å²) in [6, 6.07) is -0.0689. The lowest BCUT2D eigenvalue weighted by atomic mass is 10.3. The van der Waals surface area contributed by atoms with Crippen molar-refractivity contribution in [3.63, 3.8) is 0 Å². The van der Waals surface area contributed by atoms with E-state index >= 15 is 0 Å². The Kier molecular flexibility index (Phi) is 4.00. The molecule has 0 spiro atoms. The van der Waals surface area contributed by atoms with Crippen molar-refractivity contribution >= 4 is 12.4 Å². The van der Waals surface area contributed by atoms with Gasteiger partial charge in [0.15, 0.2) is 0 Å². The Bertz CT molecular complexity index is 207. The predicted molar refractivity (Wildman–Crippen MR) is 46.6 cm³/mol. The van der Waals surface area contributed by atoms with Gasteiger partial charge in [0.1, 0.15) is 5.82 Å². The summed E-state index contributed by atoms with van der Waals surface area (Å²) in [5.41, 5.74) is 6.60. The molecule has 0 bridgehead atoms. The zero-order valence-electron chi connectivity index (χ0n) is 6.61. The first kappa shape index (κ1) is 10.3. The molecule has 1 rings (SSSR count). The van der Waals surface area contributed by atoms with E-state index in [1.807, 2.05) is 13.8 Å². The van der Waals surface area contributed by atoms with E-state index in [9.17, 15) is 0 Å². The summed E-state index contributed by atoms with van der Waals surface area (Å²) in [5, 5.41) is 0. The highest BCUT2D eigenvalue weighted by atomic mass is 35.5. The number of halogens is 1. The molecule has 4 heteroatoms. The third-order valence-corrected chi connectivity index (χ3v) is 1.21. The minimum Gasteiger partial charge on any atom is -0.322 e. The van der Waals surface area contributed by atoms with Crippen LogP contribution in [0.1, 0.15) is 24.4 Å². The summed E-state index contributed by atoms with van der Waals surface area (Å²) in [6.45, 7) is 3.82. The molecule has 0 aliphatic heterocycles. The van der Waals surface area contributed by atoms with Gasteiger partial charge in [-0.1, -0.05) is 0 Å². The van der Waals surface area contributed by atoms with Crippen molar-refractivity contribution in [3.8, 4) is 0 Å². The topological polar surface area (TPSA) is 51.8 Å². The van der Waals surface area contributed by atoms with Crippen molar-refractivity contribution in [3.05, 3.63) is 23.8 Å². The first-order valence-corrected chi connectivity index (χ1v) is 3.24. The Morgan fingerprint density at radius 1 is 1.36 bits per heavy atom. The summed E-state index contributed by atoms with van der Waals surface area (Å²) in [5.74, 6) is 0.700. The molecule has 3 nitrogen and oxygen atoms in total. The predicted octanol–water partition coefficient (Wildman–Crippen LogP) is 1.23. The molecule has 1 unspecified atom stereocenters. The molecule has 1 atom stereocenters. The molecule has 0 saturated carbocycles. The molecular formula is C7H12ClN3. The second-order valence-electron chi connectivity index (χ2n) is 2.41. The molecule has 1 heterocycles. The van der Waals surface area contributed by atoms with Gasteiger partial charge in [0.2, 0.25) is 0 Å². The average molecular weight is 174 g/mol. The van der Waals surface area contributed by atoms with E-state index in [-0.39, 0.29) is 18.4 Å². The summed E-state index contributed by atoms with van der Waals surface area (Å²) < 4.78 is 0. The lowest BCUT2D eigenvalue weighted by molar-refractivity contribution is 0.736. The number of rotatable bonds is 1. The molecule has 0 amide bonds. The van der Waals surface area contributed by atoms with Crippen LogP contribution in [0.15, 0.2) is 12.4 Å². The number of hydrogen-bond acceptors (Lipinski definition) is 3. The van der Waals surface area contributed by atoms with E-state index in [4.69, 9.17) is 5.73 Å². The normalized spacial score (nSPS) is 11.9. The van der Waals surface area contributed by atoms with Gasteiger partial charge in [0, 0.05) is 12.4 Å².